The van der Waals surface area contributed by atoms with Gasteiger partial charge in [-0.05, 0) is 49.4 Å². The van der Waals surface area contributed by atoms with Crippen molar-refractivity contribution in [2.45, 2.75) is 16.7 Å². The monoisotopic (exact) mass is 361 g/mol. The summed E-state index contributed by atoms with van der Waals surface area (Å²) in [5.74, 6) is -0.0600. The molecule has 0 N–H and O–H groups in total. The number of hydrogen-bond acceptors (Lipinski definition) is 4. The predicted octanol–water partition coefficient (Wildman–Crippen LogP) is 2.91. The molecule has 0 radical (unpaired) electrons. The van der Waals surface area contributed by atoms with E-state index in [1.54, 1.807) is 23.7 Å². The highest BCUT2D eigenvalue weighted by Gasteiger charge is 2.23. The zero-order valence-corrected chi connectivity index (χ0v) is 14.5. The molecular formula is C18H16FNO4S. The maximum atomic E-state index is 13.1. The van der Waals surface area contributed by atoms with Crippen LogP contribution < -0.4 is 10.2 Å². The molecule has 5 nitrogen and oxygen atoms in total. The van der Waals surface area contributed by atoms with E-state index in [9.17, 15) is 17.6 Å². The highest BCUT2D eigenvalue weighted by Crippen LogP contribution is 2.23. The zero-order valence-electron chi connectivity index (χ0n) is 13.7. The van der Waals surface area contributed by atoms with Gasteiger partial charge in [-0.2, -0.15) is 0 Å². The fraction of sp³-hybridized carbons (Fsp3) is 0.167. The Morgan fingerprint density at radius 1 is 1.12 bits per heavy atom. The van der Waals surface area contributed by atoms with Gasteiger partial charge in [0.2, 0.25) is 15.3 Å². The number of ether oxygens (including phenoxy) is 1. The van der Waals surface area contributed by atoms with E-state index in [-0.39, 0.29) is 15.2 Å². The van der Waals surface area contributed by atoms with Crippen molar-refractivity contribution in [1.82, 2.24) is 4.57 Å². The lowest BCUT2D eigenvalue weighted by atomic mass is 10.2. The van der Waals surface area contributed by atoms with Crippen LogP contribution in [0.4, 0.5) is 4.39 Å². The molecule has 1 heterocycles. The van der Waals surface area contributed by atoms with Crippen LogP contribution in [-0.2, 0) is 16.9 Å². The molecule has 130 valence electrons. The minimum atomic E-state index is -4.07. The molecule has 0 aliphatic rings. The lowest BCUT2D eigenvalue weighted by Gasteiger charge is -2.11. The van der Waals surface area contributed by atoms with Crippen molar-refractivity contribution < 1.29 is 17.5 Å². The van der Waals surface area contributed by atoms with Gasteiger partial charge in [-0.15, -0.1) is 0 Å². The van der Waals surface area contributed by atoms with Gasteiger partial charge in [0.05, 0.1) is 22.4 Å². The van der Waals surface area contributed by atoms with Crippen LogP contribution in [0, 0.1) is 5.82 Å². The summed E-state index contributed by atoms with van der Waals surface area (Å²) in [6, 6.07) is 9.34. The van der Waals surface area contributed by atoms with Gasteiger partial charge in [0, 0.05) is 13.2 Å². The molecule has 3 aromatic rings. The van der Waals surface area contributed by atoms with E-state index in [2.05, 4.69) is 0 Å². The highest BCUT2D eigenvalue weighted by atomic mass is 32.2. The number of aromatic nitrogens is 1. The van der Waals surface area contributed by atoms with Crippen LogP contribution in [-0.4, -0.2) is 19.6 Å². The summed E-state index contributed by atoms with van der Waals surface area (Å²) in [5, 5.41) is 0.247. The molecule has 3 rings (SSSR count). The lowest BCUT2D eigenvalue weighted by Crippen LogP contribution is -2.18. The number of hydrogen-bond donors (Lipinski definition) is 0. The first-order valence-electron chi connectivity index (χ1n) is 7.61. The predicted molar refractivity (Wildman–Crippen MR) is 92.2 cm³/mol. The Labute approximate surface area is 144 Å². The second kappa shape index (κ2) is 6.33. The number of aryl methyl sites for hydroxylation is 1. The summed E-state index contributed by atoms with van der Waals surface area (Å²) in [5.41, 5.74) is -0.0227. The average molecular weight is 361 g/mol. The lowest BCUT2D eigenvalue weighted by molar-refractivity contribution is 0.340. The van der Waals surface area contributed by atoms with Crippen LogP contribution in [0.15, 0.2) is 63.2 Å². The van der Waals surface area contributed by atoms with Crippen molar-refractivity contribution in [2.75, 3.05) is 6.61 Å². The molecule has 0 bridgehead atoms. The maximum Gasteiger partial charge on any atom is 0.211 e. The second-order valence-electron chi connectivity index (χ2n) is 5.50. The smallest absolute Gasteiger partial charge is 0.211 e. The summed E-state index contributed by atoms with van der Waals surface area (Å²) in [7, 11) is -2.41. The molecule has 1 aromatic heterocycles. The molecule has 2 aromatic carbocycles. The SMILES string of the molecule is CCOc1ccc2c(c1)c(=O)c(S(=O)(=O)c1ccc(F)cc1)cn2C. The fourth-order valence-corrected chi connectivity index (χ4v) is 4.03. The zero-order chi connectivity index (χ0) is 18.2. The first kappa shape index (κ1) is 17.2. The molecule has 0 aliphatic carbocycles. The number of fused-ring (bicyclic) bond motifs is 1. The number of rotatable bonds is 4. The summed E-state index contributed by atoms with van der Waals surface area (Å²) in [6.45, 7) is 2.25. The molecule has 0 amide bonds. The summed E-state index contributed by atoms with van der Waals surface area (Å²) >= 11 is 0. The van der Waals surface area contributed by atoms with Gasteiger partial charge >= 0.3 is 0 Å². The van der Waals surface area contributed by atoms with Gasteiger partial charge in [-0.1, -0.05) is 0 Å². The third-order valence-electron chi connectivity index (χ3n) is 3.85. The van der Waals surface area contributed by atoms with E-state index < -0.39 is 21.1 Å². The average Bonchev–Trinajstić information content (AvgIpc) is 2.58. The van der Waals surface area contributed by atoms with E-state index >= 15 is 0 Å². The molecular weight excluding hydrogens is 345 g/mol. The third-order valence-corrected chi connectivity index (χ3v) is 5.61. The van der Waals surface area contributed by atoms with Crippen LogP contribution in [0.25, 0.3) is 10.9 Å². The molecule has 0 unspecified atom stereocenters. The molecule has 25 heavy (non-hydrogen) atoms. The van der Waals surface area contributed by atoms with E-state index in [0.717, 1.165) is 24.3 Å². The topological polar surface area (TPSA) is 65.4 Å². The molecule has 0 saturated heterocycles. The quantitative estimate of drug-likeness (QED) is 0.670. The van der Waals surface area contributed by atoms with Crippen molar-refractivity contribution in [2.24, 2.45) is 7.05 Å². The Bertz CT molecular complexity index is 1100. The summed E-state index contributed by atoms with van der Waals surface area (Å²) < 4.78 is 45.6. The van der Waals surface area contributed by atoms with E-state index in [0.29, 0.717) is 17.9 Å². The Kier molecular flexibility index (Phi) is 4.34. The Morgan fingerprint density at radius 3 is 2.44 bits per heavy atom. The number of nitrogens with zero attached hydrogens (tertiary/aromatic N) is 1. The van der Waals surface area contributed by atoms with Gasteiger partial charge in [-0.3, -0.25) is 4.79 Å². The number of benzene rings is 2. The Hall–Kier alpha value is -2.67. The first-order chi connectivity index (χ1) is 11.8. The van der Waals surface area contributed by atoms with Crippen molar-refractivity contribution in [1.29, 1.82) is 0 Å². The third kappa shape index (κ3) is 3.02. The molecule has 7 heteroatoms. The van der Waals surface area contributed by atoms with E-state index in [4.69, 9.17) is 4.74 Å². The molecule has 0 fully saturated rings. The van der Waals surface area contributed by atoms with Crippen molar-refractivity contribution in [3.8, 4) is 5.75 Å². The maximum absolute atomic E-state index is 13.1. The van der Waals surface area contributed by atoms with Crippen molar-refractivity contribution in [3.63, 3.8) is 0 Å². The fourth-order valence-electron chi connectivity index (χ4n) is 2.63. The number of halogens is 1. The number of pyridine rings is 1. The van der Waals surface area contributed by atoms with Crippen LogP contribution in [0.1, 0.15) is 6.92 Å². The van der Waals surface area contributed by atoms with Gasteiger partial charge in [-0.25, -0.2) is 12.8 Å². The van der Waals surface area contributed by atoms with Gasteiger partial charge in [0.25, 0.3) is 0 Å². The first-order valence-corrected chi connectivity index (χ1v) is 9.09. The van der Waals surface area contributed by atoms with Gasteiger partial charge in [0.1, 0.15) is 16.5 Å². The molecule has 0 saturated carbocycles. The standard InChI is InChI=1S/C18H16FNO4S/c1-3-24-13-6-9-16-15(10-13)18(21)17(11-20(16)2)25(22,23)14-7-4-12(19)5-8-14/h4-11H,3H2,1-2H3. The molecule has 0 atom stereocenters. The molecule has 0 spiro atoms. The van der Waals surface area contributed by atoms with Gasteiger partial charge < -0.3 is 9.30 Å². The Morgan fingerprint density at radius 2 is 1.80 bits per heavy atom. The van der Waals surface area contributed by atoms with Crippen LogP contribution >= 0.6 is 0 Å². The van der Waals surface area contributed by atoms with Crippen LogP contribution in [0.3, 0.4) is 0 Å². The van der Waals surface area contributed by atoms with Crippen molar-refractivity contribution >= 4 is 20.7 Å². The van der Waals surface area contributed by atoms with Crippen LogP contribution in [0.5, 0.6) is 5.75 Å². The van der Waals surface area contributed by atoms with Crippen LogP contribution in [0.2, 0.25) is 0 Å². The van der Waals surface area contributed by atoms with Gasteiger partial charge in [0.15, 0.2) is 0 Å². The van der Waals surface area contributed by atoms with E-state index in [1.165, 1.54) is 12.3 Å². The minimum Gasteiger partial charge on any atom is -0.494 e. The minimum absolute atomic E-state index is 0.133. The highest BCUT2D eigenvalue weighted by molar-refractivity contribution is 7.91. The van der Waals surface area contributed by atoms with E-state index in [1.807, 2.05) is 6.92 Å². The van der Waals surface area contributed by atoms with Crippen molar-refractivity contribution in [3.05, 3.63) is 64.7 Å². The summed E-state index contributed by atoms with van der Waals surface area (Å²) in [6.07, 6.45) is 1.28. The molecule has 0 aliphatic heterocycles. The Balaban J connectivity index is 2.27. The second-order valence-corrected chi connectivity index (χ2v) is 7.42. The largest absolute Gasteiger partial charge is 0.494 e. The normalized spacial score (nSPS) is 11.6. The number of sulfone groups is 1. The summed E-state index contributed by atoms with van der Waals surface area (Å²) in [4.78, 5) is 12.3.